The Kier molecular flexibility index (Phi) is 4.93. The van der Waals surface area contributed by atoms with Crippen LogP contribution in [0, 0.1) is 0 Å². The molecule has 0 aliphatic rings. The van der Waals surface area contributed by atoms with Crippen molar-refractivity contribution in [1.82, 2.24) is 4.98 Å². The van der Waals surface area contributed by atoms with Gasteiger partial charge in [0.25, 0.3) is 0 Å². The molecular formula is C5H9N4O2S-. The third-order valence-electron chi connectivity index (χ3n) is 0.871. The third kappa shape index (κ3) is 5.59. The molecule has 0 radical (unpaired) electrons. The predicted octanol–water partition coefficient (Wildman–Crippen LogP) is -1.01. The summed E-state index contributed by atoms with van der Waals surface area (Å²) in [5.41, 5.74) is 11.2. The lowest BCUT2D eigenvalue weighted by atomic mass is 10.4. The summed E-state index contributed by atoms with van der Waals surface area (Å²) < 4.78 is 17.6. The minimum atomic E-state index is -2.36. The van der Waals surface area contributed by atoms with Crippen LogP contribution in [0.4, 0.5) is 11.5 Å². The summed E-state index contributed by atoms with van der Waals surface area (Å²) in [6.45, 7) is 0. The maximum absolute atomic E-state index is 8.78. The number of nitrogens with zero attached hydrogens (tertiary/aromatic N) is 1. The number of anilines is 2. The van der Waals surface area contributed by atoms with E-state index in [0.717, 1.165) is 0 Å². The van der Waals surface area contributed by atoms with Crippen molar-refractivity contribution in [2.75, 3.05) is 11.5 Å². The summed E-state index contributed by atoms with van der Waals surface area (Å²) in [4.78, 5) is 3.73. The Morgan fingerprint density at radius 1 is 1.50 bits per heavy atom. The van der Waals surface area contributed by atoms with E-state index in [1.165, 1.54) is 0 Å². The molecule has 6 nitrogen and oxygen atoms in total. The van der Waals surface area contributed by atoms with Crippen LogP contribution in [0.5, 0.6) is 0 Å². The van der Waals surface area contributed by atoms with Crippen molar-refractivity contribution >= 4 is 22.8 Å². The first-order valence-corrected chi connectivity index (χ1v) is 3.97. The van der Waals surface area contributed by atoms with Gasteiger partial charge < -0.3 is 16.0 Å². The molecule has 0 saturated heterocycles. The van der Waals surface area contributed by atoms with E-state index in [1.807, 2.05) is 0 Å². The molecule has 0 aromatic carbocycles. The SMILES string of the molecule is NS(=O)[O-].Nc1cccnc1N. The second-order valence-electron chi connectivity index (χ2n) is 1.74. The fourth-order valence-corrected chi connectivity index (χ4v) is 0.430. The van der Waals surface area contributed by atoms with E-state index in [-0.39, 0.29) is 0 Å². The number of nitrogens with two attached hydrogens (primary N) is 3. The Labute approximate surface area is 72.2 Å². The van der Waals surface area contributed by atoms with Gasteiger partial charge in [-0.2, -0.15) is 0 Å². The van der Waals surface area contributed by atoms with Gasteiger partial charge in [-0.3, -0.25) is 9.35 Å². The Morgan fingerprint density at radius 2 is 2.00 bits per heavy atom. The summed E-state index contributed by atoms with van der Waals surface area (Å²) in [6.07, 6.45) is 1.60. The maximum atomic E-state index is 8.78. The summed E-state index contributed by atoms with van der Waals surface area (Å²) in [7, 11) is 0. The van der Waals surface area contributed by atoms with Gasteiger partial charge in [-0.05, 0) is 12.1 Å². The van der Waals surface area contributed by atoms with Crippen LogP contribution in [-0.4, -0.2) is 13.7 Å². The van der Waals surface area contributed by atoms with Crippen LogP contribution in [0.2, 0.25) is 0 Å². The van der Waals surface area contributed by atoms with Gasteiger partial charge in [-0.15, -0.1) is 0 Å². The first-order chi connectivity index (χ1) is 5.54. The summed E-state index contributed by atoms with van der Waals surface area (Å²) >= 11 is -2.36. The van der Waals surface area contributed by atoms with Gasteiger partial charge >= 0.3 is 0 Å². The number of hydrogen-bond donors (Lipinski definition) is 3. The predicted molar refractivity (Wildman–Crippen MR) is 46.2 cm³/mol. The molecule has 0 fully saturated rings. The normalized spacial score (nSPS) is 11.2. The molecule has 0 aliphatic heterocycles. The van der Waals surface area contributed by atoms with Crippen LogP contribution in [-0.2, 0) is 11.3 Å². The van der Waals surface area contributed by atoms with Crippen molar-refractivity contribution in [3.63, 3.8) is 0 Å². The zero-order valence-corrected chi connectivity index (χ0v) is 6.95. The summed E-state index contributed by atoms with van der Waals surface area (Å²) in [6, 6.07) is 3.45. The van der Waals surface area contributed by atoms with Crippen molar-refractivity contribution in [1.29, 1.82) is 0 Å². The van der Waals surface area contributed by atoms with Crippen LogP contribution in [0.1, 0.15) is 0 Å². The molecule has 0 amide bonds. The molecule has 1 atom stereocenters. The highest BCUT2D eigenvalue weighted by molar-refractivity contribution is 7.76. The topological polar surface area (TPSA) is 131 Å². The fourth-order valence-electron chi connectivity index (χ4n) is 0.430. The van der Waals surface area contributed by atoms with Crippen LogP contribution in [0.15, 0.2) is 18.3 Å². The molecule has 1 aromatic heterocycles. The largest absolute Gasteiger partial charge is 0.760 e. The number of pyridine rings is 1. The average Bonchev–Trinajstić information content (AvgIpc) is 1.94. The second-order valence-corrected chi connectivity index (χ2v) is 2.26. The van der Waals surface area contributed by atoms with Gasteiger partial charge in [-0.1, -0.05) is 0 Å². The fraction of sp³-hybridized carbons (Fsp3) is 0. The lowest BCUT2D eigenvalue weighted by Gasteiger charge is -1.92. The van der Waals surface area contributed by atoms with E-state index in [4.69, 9.17) is 20.2 Å². The van der Waals surface area contributed by atoms with Crippen LogP contribution in [0.3, 0.4) is 0 Å². The number of aromatic nitrogens is 1. The highest BCUT2D eigenvalue weighted by atomic mass is 32.2. The molecule has 1 aromatic rings. The first-order valence-electron chi connectivity index (χ1n) is 2.83. The van der Waals surface area contributed by atoms with E-state index in [0.29, 0.717) is 11.5 Å². The maximum Gasteiger partial charge on any atom is 0.146 e. The minimum absolute atomic E-state index is 0.396. The average molecular weight is 189 g/mol. The van der Waals surface area contributed by atoms with Crippen LogP contribution >= 0.6 is 0 Å². The number of nitrogen functional groups attached to an aromatic ring is 2. The standard InChI is InChI=1S/C5H7N3.H3NO2S/c6-4-2-1-3-8-5(4)7;1-4(2)3/h1-3H,6H2,(H2,7,8);1H2,(H,2,3)/p-1. The molecular weight excluding hydrogens is 180 g/mol. The van der Waals surface area contributed by atoms with E-state index in [1.54, 1.807) is 18.3 Å². The zero-order valence-electron chi connectivity index (χ0n) is 6.14. The van der Waals surface area contributed by atoms with Crippen LogP contribution in [0.25, 0.3) is 0 Å². The summed E-state index contributed by atoms with van der Waals surface area (Å²) in [5, 5.41) is 4.03. The van der Waals surface area contributed by atoms with E-state index in [9.17, 15) is 0 Å². The minimum Gasteiger partial charge on any atom is -0.760 e. The molecule has 0 saturated carbocycles. The molecule has 1 unspecified atom stereocenters. The van der Waals surface area contributed by atoms with Crippen molar-refractivity contribution in [2.24, 2.45) is 5.14 Å². The molecule has 1 heterocycles. The molecule has 0 spiro atoms. The second kappa shape index (κ2) is 5.47. The van der Waals surface area contributed by atoms with Gasteiger partial charge in [0.2, 0.25) is 0 Å². The number of rotatable bonds is 0. The molecule has 12 heavy (non-hydrogen) atoms. The quantitative estimate of drug-likeness (QED) is 0.450. The van der Waals surface area contributed by atoms with E-state index < -0.39 is 11.3 Å². The van der Waals surface area contributed by atoms with Gasteiger partial charge in [0.15, 0.2) is 0 Å². The number of hydrogen-bond acceptors (Lipinski definition) is 5. The van der Waals surface area contributed by atoms with Crippen LogP contribution < -0.4 is 16.6 Å². The Bertz CT molecular complexity index is 242. The lowest BCUT2D eigenvalue weighted by molar-refractivity contribution is 0.539. The molecule has 0 bridgehead atoms. The van der Waals surface area contributed by atoms with Crippen molar-refractivity contribution in [3.05, 3.63) is 18.3 Å². The molecule has 6 N–H and O–H groups in total. The smallest absolute Gasteiger partial charge is 0.146 e. The lowest BCUT2D eigenvalue weighted by Crippen LogP contribution is -1.97. The molecule has 0 aliphatic carbocycles. The van der Waals surface area contributed by atoms with Gasteiger partial charge in [0.1, 0.15) is 5.82 Å². The van der Waals surface area contributed by atoms with Gasteiger partial charge in [0.05, 0.1) is 5.69 Å². The van der Waals surface area contributed by atoms with Gasteiger partial charge in [-0.25, -0.2) is 4.98 Å². The van der Waals surface area contributed by atoms with E-state index >= 15 is 0 Å². The molecule has 68 valence electrons. The highest BCUT2D eigenvalue weighted by Crippen LogP contribution is 2.06. The van der Waals surface area contributed by atoms with Gasteiger partial charge in [0, 0.05) is 17.5 Å². The highest BCUT2D eigenvalue weighted by Gasteiger charge is 1.87. The van der Waals surface area contributed by atoms with E-state index in [2.05, 4.69) is 10.1 Å². The van der Waals surface area contributed by atoms with Crippen molar-refractivity contribution in [3.8, 4) is 0 Å². The Hall–Kier alpha value is -1.18. The first kappa shape index (κ1) is 10.8. The molecule has 1 rings (SSSR count). The third-order valence-corrected chi connectivity index (χ3v) is 0.871. The monoisotopic (exact) mass is 189 g/mol. The zero-order chi connectivity index (χ0) is 9.56. The molecule has 7 heteroatoms. The summed E-state index contributed by atoms with van der Waals surface area (Å²) in [5.74, 6) is 0.396. The Morgan fingerprint density at radius 3 is 2.25 bits per heavy atom. The van der Waals surface area contributed by atoms with Crippen molar-refractivity contribution in [2.45, 2.75) is 0 Å². The Balaban J connectivity index is 0.000000261. The van der Waals surface area contributed by atoms with Crippen molar-refractivity contribution < 1.29 is 8.76 Å².